The molecular weight excluding hydrogens is 198 g/mol. The van der Waals surface area contributed by atoms with Crippen LogP contribution in [0, 0.1) is 18.3 Å². The van der Waals surface area contributed by atoms with Gasteiger partial charge in [0.05, 0.1) is 18.2 Å². The summed E-state index contributed by atoms with van der Waals surface area (Å²) in [7, 11) is 1.59. The van der Waals surface area contributed by atoms with Crippen LogP contribution in [0.15, 0.2) is 12.1 Å². The van der Waals surface area contributed by atoms with Crippen molar-refractivity contribution in [2.45, 2.75) is 19.8 Å². The smallest absolute Gasteiger partial charge is 0.137 e. The molecule has 1 aromatic rings. The lowest BCUT2D eigenvalue weighted by molar-refractivity contribution is 0.414. The van der Waals surface area contributed by atoms with Crippen LogP contribution in [-0.2, 0) is 6.42 Å². The zero-order valence-electron chi connectivity index (χ0n) is 8.30. The molecule has 0 N–H and O–H groups in total. The summed E-state index contributed by atoms with van der Waals surface area (Å²) in [6, 6.07) is 5.88. The molecule has 0 unspecified atom stereocenters. The minimum Gasteiger partial charge on any atom is -0.495 e. The largest absolute Gasteiger partial charge is 0.495 e. The van der Waals surface area contributed by atoms with Crippen molar-refractivity contribution >= 4 is 11.6 Å². The van der Waals surface area contributed by atoms with Gasteiger partial charge in [-0.1, -0.05) is 11.6 Å². The predicted octanol–water partition coefficient (Wildman–Crippen LogP) is 3.11. The number of aryl methyl sites for hydroxylation is 2. The first kappa shape index (κ1) is 10.9. The summed E-state index contributed by atoms with van der Waals surface area (Å²) in [4.78, 5) is 0. The van der Waals surface area contributed by atoms with E-state index in [1.807, 2.05) is 19.1 Å². The van der Waals surface area contributed by atoms with E-state index >= 15 is 0 Å². The number of methoxy groups -OCH3 is 1. The van der Waals surface area contributed by atoms with Crippen molar-refractivity contribution in [1.82, 2.24) is 0 Å². The third-order valence-electron chi connectivity index (χ3n) is 2.12. The zero-order valence-corrected chi connectivity index (χ0v) is 9.06. The van der Waals surface area contributed by atoms with Crippen molar-refractivity contribution in [3.63, 3.8) is 0 Å². The second-order valence-electron chi connectivity index (χ2n) is 3.07. The molecule has 14 heavy (non-hydrogen) atoms. The van der Waals surface area contributed by atoms with Gasteiger partial charge in [-0.15, -0.1) is 0 Å². The molecule has 0 bridgehead atoms. The number of benzene rings is 1. The van der Waals surface area contributed by atoms with Gasteiger partial charge in [-0.05, 0) is 36.6 Å². The normalized spacial score (nSPS) is 9.57. The van der Waals surface area contributed by atoms with Gasteiger partial charge in [0, 0.05) is 6.42 Å². The van der Waals surface area contributed by atoms with Crippen LogP contribution < -0.4 is 4.74 Å². The number of nitrogens with zero attached hydrogens (tertiary/aromatic N) is 1. The maximum absolute atomic E-state index is 8.48. The van der Waals surface area contributed by atoms with Crippen LogP contribution in [-0.4, -0.2) is 7.11 Å². The number of hydrogen-bond acceptors (Lipinski definition) is 2. The van der Waals surface area contributed by atoms with Crippen molar-refractivity contribution in [3.05, 3.63) is 28.3 Å². The van der Waals surface area contributed by atoms with E-state index in [0.717, 1.165) is 17.5 Å². The Balaban J connectivity index is 2.97. The first-order valence-corrected chi connectivity index (χ1v) is 4.76. The molecule has 3 heteroatoms. The Labute approximate surface area is 89.1 Å². The molecule has 0 aliphatic carbocycles. The summed E-state index contributed by atoms with van der Waals surface area (Å²) >= 11 is 5.97. The Hall–Kier alpha value is -1.20. The first-order valence-electron chi connectivity index (χ1n) is 4.39. The highest BCUT2D eigenvalue weighted by Crippen LogP contribution is 2.28. The summed E-state index contributed by atoms with van der Waals surface area (Å²) in [5, 5.41) is 9.08. The summed E-state index contributed by atoms with van der Waals surface area (Å²) in [6.45, 7) is 1.99. The second-order valence-corrected chi connectivity index (χ2v) is 3.48. The van der Waals surface area contributed by atoms with Crippen molar-refractivity contribution in [2.75, 3.05) is 7.11 Å². The molecule has 0 atom stereocenters. The van der Waals surface area contributed by atoms with Crippen LogP contribution in [0.5, 0.6) is 5.75 Å². The minimum atomic E-state index is 0.517. The van der Waals surface area contributed by atoms with Crippen molar-refractivity contribution in [1.29, 1.82) is 5.26 Å². The van der Waals surface area contributed by atoms with Gasteiger partial charge in [0.1, 0.15) is 5.75 Å². The van der Waals surface area contributed by atoms with E-state index in [1.54, 1.807) is 7.11 Å². The van der Waals surface area contributed by atoms with Gasteiger partial charge in [-0.3, -0.25) is 0 Å². The number of halogens is 1. The lowest BCUT2D eigenvalue weighted by Crippen LogP contribution is -1.92. The van der Waals surface area contributed by atoms with E-state index in [-0.39, 0.29) is 0 Å². The molecule has 1 rings (SSSR count). The van der Waals surface area contributed by atoms with Crippen molar-refractivity contribution < 1.29 is 4.74 Å². The second kappa shape index (κ2) is 4.88. The molecule has 0 saturated heterocycles. The van der Waals surface area contributed by atoms with Gasteiger partial charge < -0.3 is 4.74 Å². The Morgan fingerprint density at radius 3 is 2.79 bits per heavy atom. The van der Waals surface area contributed by atoms with Crippen LogP contribution in [0.2, 0.25) is 5.02 Å². The Kier molecular flexibility index (Phi) is 3.79. The van der Waals surface area contributed by atoms with Gasteiger partial charge in [0.15, 0.2) is 0 Å². The lowest BCUT2D eigenvalue weighted by Gasteiger charge is -2.08. The van der Waals surface area contributed by atoms with Crippen molar-refractivity contribution in [2.24, 2.45) is 0 Å². The summed E-state index contributed by atoms with van der Waals surface area (Å²) in [5.41, 5.74) is 2.22. The standard InChI is InChI=1S/C11H12ClNO/c1-8-6-11(14-2)10(12)7-9(8)4-3-5-13/h6-7H,3-4H2,1-2H3. The third kappa shape index (κ3) is 2.40. The number of hydrogen-bond donors (Lipinski definition) is 0. The van der Waals surface area contributed by atoms with E-state index in [9.17, 15) is 0 Å². The Bertz CT molecular complexity index is 368. The van der Waals surface area contributed by atoms with Gasteiger partial charge in [-0.2, -0.15) is 5.26 Å². The highest BCUT2D eigenvalue weighted by molar-refractivity contribution is 6.32. The van der Waals surface area contributed by atoms with E-state index in [1.165, 1.54) is 0 Å². The molecule has 1 aromatic carbocycles. The zero-order chi connectivity index (χ0) is 10.6. The molecule has 0 heterocycles. The molecule has 0 aliphatic rings. The molecule has 0 saturated carbocycles. The maximum Gasteiger partial charge on any atom is 0.137 e. The fourth-order valence-electron chi connectivity index (χ4n) is 1.31. The maximum atomic E-state index is 8.48. The minimum absolute atomic E-state index is 0.517. The lowest BCUT2D eigenvalue weighted by atomic mass is 10.0. The van der Waals surface area contributed by atoms with E-state index in [4.69, 9.17) is 21.6 Å². The molecule has 2 nitrogen and oxygen atoms in total. The molecule has 74 valence electrons. The highest BCUT2D eigenvalue weighted by atomic mass is 35.5. The highest BCUT2D eigenvalue weighted by Gasteiger charge is 2.05. The fourth-order valence-corrected chi connectivity index (χ4v) is 1.58. The molecule has 0 spiro atoms. The van der Waals surface area contributed by atoms with Crippen LogP contribution in [0.25, 0.3) is 0 Å². The van der Waals surface area contributed by atoms with Gasteiger partial charge in [-0.25, -0.2) is 0 Å². The average molecular weight is 210 g/mol. The SMILES string of the molecule is COc1cc(C)c(CCC#N)cc1Cl. The fraction of sp³-hybridized carbons (Fsp3) is 0.364. The van der Waals surface area contributed by atoms with Crippen molar-refractivity contribution in [3.8, 4) is 11.8 Å². The number of nitriles is 1. The van der Waals surface area contributed by atoms with Gasteiger partial charge >= 0.3 is 0 Å². The van der Waals surface area contributed by atoms with Crippen LogP contribution in [0.1, 0.15) is 17.5 Å². The molecule has 0 aromatic heterocycles. The Morgan fingerprint density at radius 2 is 2.21 bits per heavy atom. The number of rotatable bonds is 3. The van der Waals surface area contributed by atoms with E-state index in [2.05, 4.69) is 6.07 Å². The predicted molar refractivity (Wildman–Crippen MR) is 56.7 cm³/mol. The topological polar surface area (TPSA) is 33.0 Å². The molecule has 0 aliphatic heterocycles. The third-order valence-corrected chi connectivity index (χ3v) is 2.41. The summed E-state index contributed by atoms with van der Waals surface area (Å²) < 4.78 is 5.09. The van der Waals surface area contributed by atoms with Crippen LogP contribution >= 0.6 is 11.6 Å². The Morgan fingerprint density at radius 1 is 1.50 bits per heavy atom. The first-order chi connectivity index (χ1) is 6.69. The molecule has 0 radical (unpaired) electrons. The monoisotopic (exact) mass is 209 g/mol. The molecule has 0 amide bonds. The average Bonchev–Trinajstić information content (AvgIpc) is 2.18. The van der Waals surface area contributed by atoms with Gasteiger partial charge in [0.2, 0.25) is 0 Å². The van der Waals surface area contributed by atoms with Gasteiger partial charge in [0.25, 0.3) is 0 Å². The van der Waals surface area contributed by atoms with Crippen LogP contribution in [0.3, 0.4) is 0 Å². The summed E-state index contributed by atoms with van der Waals surface area (Å²) in [6.07, 6.45) is 1.26. The van der Waals surface area contributed by atoms with Crippen LogP contribution in [0.4, 0.5) is 0 Å². The molecular formula is C11H12ClNO. The molecule has 0 fully saturated rings. The van der Waals surface area contributed by atoms with E-state index in [0.29, 0.717) is 17.2 Å². The van der Waals surface area contributed by atoms with E-state index < -0.39 is 0 Å². The number of ether oxygens (including phenoxy) is 1. The quantitative estimate of drug-likeness (QED) is 0.767. The summed E-state index contributed by atoms with van der Waals surface area (Å²) in [5.74, 6) is 0.685.